The summed E-state index contributed by atoms with van der Waals surface area (Å²) in [5.41, 5.74) is -0.469. The van der Waals surface area contributed by atoms with Gasteiger partial charge in [-0.05, 0) is 55.6 Å². The van der Waals surface area contributed by atoms with E-state index in [2.05, 4.69) is 25.3 Å². The minimum atomic E-state index is -0.469. The van der Waals surface area contributed by atoms with Gasteiger partial charge in [0, 0.05) is 11.5 Å². The van der Waals surface area contributed by atoms with E-state index in [0.717, 1.165) is 60.2 Å². The summed E-state index contributed by atoms with van der Waals surface area (Å²) >= 11 is 12.2. The molecule has 1 N–H and O–H groups in total. The van der Waals surface area contributed by atoms with Crippen LogP contribution in [0.5, 0.6) is 0 Å². The van der Waals surface area contributed by atoms with E-state index in [9.17, 15) is 5.11 Å². The molecule has 0 aromatic heterocycles. The zero-order valence-corrected chi connectivity index (χ0v) is 14.2. The summed E-state index contributed by atoms with van der Waals surface area (Å²) in [5, 5.41) is 10.2. The van der Waals surface area contributed by atoms with Gasteiger partial charge in [0.15, 0.2) is 0 Å². The van der Waals surface area contributed by atoms with Crippen molar-refractivity contribution in [2.75, 3.05) is 34.5 Å². The maximum Gasteiger partial charge on any atom is 0.0620 e. The van der Waals surface area contributed by atoms with Gasteiger partial charge in [-0.15, -0.1) is 0 Å². The third-order valence-corrected chi connectivity index (χ3v) is 5.67. The number of rotatable bonds is 12. The molecule has 0 atom stereocenters. The first kappa shape index (κ1) is 18.4. The van der Waals surface area contributed by atoms with E-state index in [0.29, 0.717) is 0 Å². The minimum Gasteiger partial charge on any atom is -0.390 e. The molecule has 0 radical (unpaired) electrons. The van der Waals surface area contributed by atoms with Gasteiger partial charge in [0.2, 0.25) is 0 Å². The molecule has 0 saturated carbocycles. The third kappa shape index (κ3) is 13.6. The standard InChI is InChI=1S/C12H26OS4/c1-12(13,4-2-8-16-10-6-14)5-3-9-17-11-7-15/h13-15H,2-11H2,1H3. The summed E-state index contributed by atoms with van der Waals surface area (Å²) in [6.45, 7) is 1.97. The molecule has 0 heterocycles. The fraction of sp³-hybridized carbons (Fsp3) is 1.00. The molecule has 0 aromatic rings. The molecule has 0 rings (SSSR count). The van der Waals surface area contributed by atoms with Crippen LogP contribution in [-0.4, -0.2) is 45.2 Å². The molecule has 0 saturated heterocycles. The van der Waals surface area contributed by atoms with Crippen molar-refractivity contribution in [1.82, 2.24) is 0 Å². The number of thioether (sulfide) groups is 2. The van der Waals surface area contributed by atoms with Crippen LogP contribution < -0.4 is 0 Å². The van der Waals surface area contributed by atoms with Crippen LogP contribution in [0.15, 0.2) is 0 Å². The minimum absolute atomic E-state index is 0.469. The van der Waals surface area contributed by atoms with Gasteiger partial charge >= 0.3 is 0 Å². The first-order valence-corrected chi connectivity index (χ1v) is 9.79. The smallest absolute Gasteiger partial charge is 0.0620 e. The predicted octanol–water partition coefficient (Wildman–Crippen LogP) is 3.62. The Morgan fingerprint density at radius 3 is 1.65 bits per heavy atom. The van der Waals surface area contributed by atoms with E-state index >= 15 is 0 Å². The first-order chi connectivity index (χ1) is 8.12. The van der Waals surface area contributed by atoms with Crippen molar-refractivity contribution in [2.45, 2.75) is 38.2 Å². The fourth-order valence-electron chi connectivity index (χ4n) is 1.57. The second-order valence-corrected chi connectivity index (χ2v) is 7.72. The summed E-state index contributed by atoms with van der Waals surface area (Å²) < 4.78 is 0. The Kier molecular flexibility index (Phi) is 13.4. The van der Waals surface area contributed by atoms with Crippen LogP contribution in [0.3, 0.4) is 0 Å². The molecule has 0 amide bonds. The zero-order chi connectivity index (χ0) is 13.0. The van der Waals surface area contributed by atoms with E-state index in [-0.39, 0.29) is 0 Å². The SMILES string of the molecule is CC(O)(CCCSCCS)CCCSCCS. The van der Waals surface area contributed by atoms with E-state index < -0.39 is 5.60 Å². The summed E-state index contributed by atoms with van der Waals surface area (Å²) in [6, 6.07) is 0. The second-order valence-electron chi connectivity index (χ2n) is 4.38. The lowest BCUT2D eigenvalue weighted by molar-refractivity contribution is 0.0411. The monoisotopic (exact) mass is 314 g/mol. The summed E-state index contributed by atoms with van der Waals surface area (Å²) in [5.74, 6) is 6.42. The Bertz CT molecular complexity index is 149. The fourth-order valence-corrected chi connectivity index (χ4v) is 3.71. The number of hydrogen-bond acceptors (Lipinski definition) is 5. The van der Waals surface area contributed by atoms with Crippen molar-refractivity contribution in [1.29, 1.82) is 0 Å². The molecular formula is C12H26OS4. The maximum absolute atomic E-state index is 10.2. The molecule has 0 aliphatic heterocycles. The van der Waals surface area contributed by atoms with Crippen LogP contribution >= 0.6 is 48.8 Å². The van der Waals surface area contributed by atoms with Crippen molar-refractivity contribution >= 4 is 48.8 Å². The molecule has 0 aromatic carbocycles. The molecule has 5 heteroatoms. The van der Waals surface area contributed by atoms with E-state index in [1.54, 1.807) is 0 Å². The van der Waals surface area contributed by atoms with E-state index in [4.69, 9.17) is 0 Å². The zero-order valence-electron chi connectivity index (χ0n) is 10.7. The highest BCUT2D eigenvalue weighted by Crippen LogP contribution is 2.21. The molecule has 0 fully saturated rings. The van der Waals surface area contributed by atoms with Crippen molar-refractivity contribution in [2.24, 2.45) is 0 Å². The lowest BCUT2D eigenvalue weighted by atomic mass is 9.95. The third-order valence-electron chi connectivity index (χ3n) is 2.48. The quantitative estimate of drug-likeness (QED) is 0.378. The Balaban J connectivity index is 3.38. The molecule has 1 nitrogen and oxygen atoms in total. The van der Waals surface area contributed by atoms with Crippen LogP contribution in [0, 0.1) is 0 Å². The maximum atomic E-state index is 10.2. The van der Waals surface area contributed by atoms with Gasteiger partial charge in [-0.2, -0.15) is 48.8 Å². The van der Waals surface area contributed by atoms with Crippen molar-refractivity contribution in [3.63, 3.8) is 0 Å². The van der Waals surface area contributed by atoms with Crippen molar-refractivity contribution in [3.8, 4) is 0 Å². The Labute approximate surface area is 126 Å². The molecule has 0 aliphatic carbocycles. The molecule has 17 heavy (non-hydrogen) atoms. The number of aliphatic hydroxyl groups is 1. The van der Waals surface area contributed by atoms with Crippen LogP contribution in [-0.2, 0) is 0 Å². The normalized spacial score (nSPS) is 12.0. The van der Waals surface area contributed by atoms with Crippen molar-refractivity contribution < 1.29 is 5.11 Å². The van der Waals surface area contributed by atoms with Crippen molar-refractivity contribution in [3.05, 3.63) is 0 Å². The van der Waals surface area contributed by atoms with Crippen LogP contribution in [0.1, 0.15) is 32.6 Å². The summed E-state index contributed by atoms with van der Waals surface area (Å²) in [4.78, 5) is 0. The van der Waals surface area contributed by atoms with Gasteiger partial charge in [0.05, 0.1) is 5.60 Å². The van der Waals surface area contributed by atoms with E-state index in [1.165, 1.54) is 0 Å². The molecule has 0 spiro atoms. The van der Waals surface area contributed by atoms with Gasteiger partial charge < -0.3 is 5.11 Å². The number of thiol groups is 2. The predicted molar refractivity (Wildman–Crippen MR) is 91.4 cm³/mol. The molecule has 0 unspecified atom stereocenters. The second kappa shape index (κ2) is 12.4. The first-order valence-electron chi connectivity index (χ1n) is 6.22. The Morgan fingerprint density at radius 2 is 1.29 bits per heavy atom. The van der Waals surface area contributed by atoms with E-state index in [1.807, 2.05) is 30.4 Å². The molecule has 104 valence electrons. The van der Waals surface area contributed by atoms with Gasteiger partial charge in [-0.25, -0.2) is 0 Å². The molecule has 0 bridgehead atoms. The number of hydrogen-bond donors (Lipinski definition) is 3. The molecule has 0 aliphatic rings. The summed E-state index contributed by atoms with van der Waals surface area (Å²) in [6.07, 6.45) is 4.05. The average molecular weight is 315 g/mol. The van der Waals surface area contributed by atoms with Gasteiger partial charge in [0.1, 0.15) is 0 Å². The highest BCUT2D eigenvalue weighted by Gasteiger charge is 2.18. The van der Waals surface area contributed by atoms with Gasteiger partial charge in [-0.3, -0.25) is 0 Å². The lowest BCUT2D eigenvalue weighted by Gasteiger charge is -2.23. The highest BCUT2D eigenvalue weighted by molar-refractivity contribution is 8.00. The van der Waals surface area contributed by atoms with Gasteiger partial charge in [0.25, 0.3) is 0 Å². The van der Waals surface area contributed by atoms with Crippen LogP contribution in [0.25, 0.3) is 0 Å². The Hall–Kier alpha value is 1.36. The Morgan fingerprint density at radius 1 is 0.882 bits per heavy atom. The largest absolute Gasteiger partial charge is 0.390 e. The lowest BCUT2D eigenvalue weighted by Crippen LogP contribution is -2.24. The highest BCUT2D eigenvalue weighted by atomic mass is 32.2. The molecular weight excluding hydrogens is 288 g/mol. The topological polar surface area (TPSA) is 20.2 Å². The summed E-state index contributed by atoms with van der Waals surface area (Å²) in [7, 11) is 0. The van der Waals surface area contributed by atoms with Gasteiger partial charge in [-0.1, -0.05) is 0 Å². The van der Waals surface area contributed by atoms with Crippen LogP contribution in [0.2, 0.25) is 0 Å². The van der Waals surface area contributed by atoms with Crippen LogP contribution in [0.4, 0.5) is 0 Å². The average Bonchev–Trinajstić information content (AvgIpc) is 2.28.